The Hall–Kier alpha value is -1.63. The smallest absolute Gasteiger partial charge is 0.256 e. The number of nitrogens with one attached hydrogen (secondary N) is 1. The Labute approximate surface area is 162 Å². The Morgan fingerprint density at radius 1 is 1.19 bits per heavy atom. The van der Waals surface area contributed by atoms with Crippen LogP contribution in [-0.2, 0) is 14.3 Å². The molecule has 1 N–H and O–H groups in total. The van der Waals surface area contributed by atoms with E-state index in [9.17, 15) is 4.79 Å². The molecular formula is C21H32N2O4. The van der Waals surface area contributed by atoms with Gasteiger partial charge in [0.05, 0.1) is 19.8 Å². The molecule has 2 fully saturated rings. The number of anilines is 1. The SMILES string of the molecule is CCOC1(C(=O)Nc2ccc(OCCCN3CCOCC3)cc2)CCCC1. The predicted molar refractivity (Wildman–Crippen MR) is 105 cm³/mol. The molecule has 1 heterocycles. The van der Waals surface area contributed by atoms with Gasteiger partial charge in [-0.3, -0.25) is 9.69 Å². The van der Waals surface area contributed by atoms with Gasteiger partial charge in [0.15, 0.2) is 0 Å². The highest BCUT2D eigenvalue weighted by atomic mass is 16.5. The third-order valence-corrected chi connectivity index (χ3v) is 5.35. The number of ether oxygens (including phenoxy) is 3. The van der Waals surface area contributed by atoms with Gasteiger partial charge in [-0.1, -0.05) is 0 Å². The number of rotatable bonds is 9. The van der Waals surface area contributed by atoms with Gasteiger partial charge in [-0.2, -0.15) is 0 Å². The van der Waals surface area contributed by atoms with Crippen molar-refractivity contribution in [3.63, 3.8) is 0 Å². The standard InChI is InChI=1S/C21H32N2O4/c1-2-27-21(10-3-4-11-21)20(24)22-18-6-8-19(9-7-18)26-15-5-12-23-13-16-25-17-14-23/h6-9H,2-5,10-17H2,1H3,(H,22,24). The van der Waals surface area contributed by atoms with E-state index in [0.29, 0.717) is 13.2 Å². The molecule has 6 nitrogen and oxygen atoms in total. The quantitative estimate of drug-likeness (QED) is 0.671. The van der Waals surface area contributed by atoms with Crippen molar-refractivity contribution in [1.29, 1.82) is 0 Å². The molecular weight excluding hydrogens is 344 g/mol. The number of nitrogens with zero attached hydrogens (tertiary/aromatic N) is 1. The number of morpholine rings is 1. The maximum atomic E-state index is 12.7. The fourth-order valence-electron chi connectivity index (χ4n) is 3.84. The van der Waals surface area contributed by atoms with Gasteiger partial charge in [0, 0.05) is 31.9 Å². The molecule has 0 spiro atoms. The molecule has 1 aromatic carbocycles. The molecule has 0 radical (unpaired) electrons. The molecule has 1 amide bonds. The van der Waals surface area contributed by atoms with Crippen molar-refractivity contribution in [3.8, 4) is 5.75 Å². The van der Waals surface area contributed by atoms with Crippen molar-refractivity contribution in [1.82, 2.24) is 4.90 Å². The van der Waals surface area contributed by atoms with Crippen LogP contribution in [0.25, 0.3) is 0 Å². The number of carbonyl (C=O) groups is 1. The minimum atomic E-state index is -0.649. The maximum absolute atomic E-state index is 12.7. The average Bonchev–Trinajstić information content (AvgIpc) is 3.18. The topological polar surface area (TPSA) is 60.0 Å². The molecule has 1 saturated carbocycles. The molecule has 0 unspecified atom stereocenters. The summed E-state index contributed by atoms with van der Waals surface area (Å²) in [5, 5.41) is 3.01. The van der Waals surface area contributed by atoms with Crippen LogP contribution >= 0.6 is 0 Å². The second kappa shape index (κ2) is 10.1. The maximum Gasteiger partial charge on any atom is 0.256 e. The monoisotopic (exact) mass is 376 g/mol. The molecule has 3 rings (SSSR count). The summed E-state index contributed by atoms with van der Waals surface area (Å²) in [5.41, 5.74) is 0.135. The van der Waals surface area contributed by atoms with E-state index < -0.39 is 5.60 Å². The van der Waals surface area contributed by atoms with E-state index in [1.807, 2.05) is 31.2 Å². The first-order valence-electron chi connectivity index (χ1n) is 10.2. The zero-order chi connectivity index (χ0) is 19.0. The largest absolute Gasteiger partial charge is 0.494 e. The Morgan fingerprint density at radius 2 is 1.89 bits per heavy atom. The first kappa shape index (κ1) is 20.1. The summed E-state index contributed by atoms with van der Waals surface area (Å²) >= 11 is 0. The van der Waals surface area contributed by atoms with Crippen LogP contribution in [0.5, 0.6) is 5.75 Å². The fourth-order valence-corrected chi connectivity index (χ4v) is 3.84. The van der Waals surface area contributed by atoms with E-state index in [1.54, 1.807) is 0 Å². The van der Waals surface area contributed by atoms with E-state index in [-0.39, 0.29) is 5.91 Å². The van der Waals surface area contributed by atoms with E-state index in [1.165, 1.54) is 0 Å². The number of amides is 1. The molecule has 0 aromatic heterocycles. The van der Waals surface area contributed by atoms with Crippen molar-refractivity contribution in [2.75, 3.05) is 51.4 Å². The summed E-state index contributed by atoms with van der Waals surface area (Å²) in [6, 6.07) is 7.60. The third kappa shape index (κ3) is 5.67. The minimum absolute atomic E-state index is 0.0268. The summed E-state index contributed by atoms with van der Waals surface area (Å²) in [4.78, 5) is 15.1. The van der Waals surface area contributed by atoms with Crippen LogP contribution < -0.4 is 10.1 Å². The summed E-state index contributed by atoms with van der Waals surface area (Å²) in [6.45, 7) is 7.92. The number of hydrogen-bond donors (Lipinski definition) is 1. The number of carbonyl (C=O) groups excluding carboxylic acids is 1. The average molecular weight is 376 g/mol. The minimum Gasteiger partial charge on any atom is -0.494 e. The van der Waals surface area contributed by atoms with Crippen molar-refractivity contribution in [2.24, 2.45) is 0 Å². The molecule has 150 valence electrons. The molecule has 0 atom stereocenters. The van der Waals surface area contributed by atoms with Crippen LogP contribution in [0, 0.1) is 0 Å². The van der Waals surface area contributed by atoms with Crippen LogP contribution in [0.2, 0.25) is 0 Å². The first-order valence-corrected chi connectivity index (χ1v) is 10.2. The normalized spacial score (nSPS) is 19.7. The van der Waals surface area contributed by atoms with Gasteiger partial charge in [0.2, 0.25) is 0 Å². The third-order valence-electron chi connectivity index (χ3n) is 5.35. The Balaban J connectivity index is 1.42. The highest BCUT2D eigenvalue weighted by molar-refractivity contribution is 5.97. The van der Waals surface area contributed by atoms with Crippen molar-refractivity contribution in [3.05, 3.63) is 24.3 Å². The molecule has 0 bridgehead atoms. The fraction of sp³-hybridized carbons (Fsp3) is 0.667. The van der Waals surface area contributed by atoms with E-state index >= 15 is 0 Å². The second-order valence-corrected chi connectivity index (χ2v) is 7.27. The molecule has 1 aliphatic carbocycles. The Bertz CT molecular complexity index is 578. The summed E-state index contributed by atoms with van der Waals surface area (Å²) in [5.74, 6) is 0.802. The van der Waals surface area contributed by atoms with Crippen LogP contribution in [0.15, 0.2) is 24.3 Å². The predicted octanol–water partition coefficient (Wildman–Crippen LogP) is 3.08. The van der Waals surface area contributed by atoms with Gasteiger partial charge >= 0.3 is 0 Å². The molecule has 2 aliphatic rings. The van der Waals surface area contributed by atoms with Crippen molar-refractivity contribution >= 4 is 11.6 Å². The number of benzene rings is 1. The van der Waals surface area contributed by atoms with E-state index in [2.05, 4.69) is 10.2 Å². The van der Waals surface area contributed by atoms with Gasteiger partial charge in [-0.05, 0) is 63.3 Å². The highest BCUT2D eigenvalue weighted by Crippen LogP contribution is 2.34. The number of hydrogen-bond acceptors (Lipinski definition) is 5. The lowest BCUT2D eigenvalue weighted by Gasteiger charge is -2.27. The van der Waals surface area contributed by atoms with Crippen LogP contribution in [0.3, 0.4) is 0 Å². The Morgan fingerprint density at radius 3 is 2.56 bits per heavy atom. The molecule has 1 saturated heterocycles. The molecule has 27 heavy (non-hydrogen) atoms. The van der Waals surface area contributed by atoms with Gasteiger partial charge < -0.3 is 19.5 Å². The van der Waals surface area contributed by atoms with E-state index in [0.717, 1.165) is 76.4 Å². The Kier molecular flexibility index (Phi) is 7.50. The molecule has 1 aliphatic heterocycles. The summed E-state index contributed by atoms with van der Waals surface area (Å²) in [7, 11) is 0. The van der Waals surface area contributed by atoms with Gasteiger partial charge in [-0.15, -0.1) is 0 Å². The second-order valence-electron chi connectivity index (χ2n) is 7.27. The summed E-state index contributed by atoms with van der Waals surface area (Å²) in [6.07, 6.45) is 4.69. The first-order chi connectivity index (χ1) is 13.2. The van der Waals surface area contributed by atoms with E-state index in [4.69, 9.17) is 14.2 Å². The van der Waals surface area contributed by atoms with Crippen LogP contribution in [0.4, 0.5) is 5.69 Å². The molecule has 6 heteroatoms. The van der Waals surface area contributed by atoms with Gasteiger partial charge in [0.1, 0.15) is 11.4 Å². The summed E-state index contributed by atoms with van der Waals surface area (Å²) < 4.78 is 17.0. The lowest BCUT2D eigenvalue weighted by molar-refractivity contribution is -0.140. The lowest BCUT2D eigenvalue weighted by Crippen LogP contribution is -2.43. The van der Waals surface area contributed by atoms with Crippen molar-refractivity contribution in [2.45, 2.75) is 44.6 Å². The van der Waals surface area contributed by atoms with Crippen LogP contribution in [0.1, 0.15) is 39.0 Å². The van der Waals surface area contributed by atoms with Gasteiger partial charge in [0.25, 0.3) is 5.91 Å². The molecule has 1 aromatic rings. The van der Waals surface area contributed by atoms with Gasteiger partial charge in [-0.25, -0.2) is 0 Å². The zero-order valence-electron chi connectivity index (χ0n) is 16.4. The van der Waals surface area contributed by atoms with Crippen molar-refractivity contribution < 1.29 is 19.0 Å². The highest BCUT2D eigenvalue weighted by Gasteiger charge is 2.41. The van der Waals surface area contributed by atoms with Crippen LogP contribution in [-0.4, -0.2) is 62.5 Å². The lowest BCUT2D eigenvalue weighted by atomic mass is 10.0. The zero-order valence-corrected chi connectivity index (χ0v) is 16.4.